The van der Waals surface area contributed by atoms with Crippen LogP contribution in [0.4, 0.5) is 21.5 Å². The summed E-state index contributed by atoms with van der Waals surface area (Å²) in [5.74, 6) is -0.861. The zero-order chi connectivity index (χ0) is 26.1. The summed E-state index contributed by atoms with van der Waals surface area (Å²) >= 11 is 0. The number of nitrogens with one attached hydrogen (secondary N) is 2. The van der Waals surface area contributed by atoms with Gasteiger partial charge in [-0.3, -0.25) is 4.79 Å². The van der Waals surface area contributed by atoms with Crippen LogP contribution in [0.25, 0.3) is 16.6 Å². The second kappa shape index (κ2) is 9.91. The third-order valence-electron chi connectivity index (χ3n) is 6.81. The number of carbonyl (C=O) groups excluding carboxylic acids is 1. The summed E-state index contributed by atoms with van der Waals surface area (Å²) < 4.78 is 15.2. The first-order valence-electron chi connectivity index (χ1n) is 12.2. The van der Waals surface area contributed by atoms with E-state index in [0.29, 0.717) is 33.6 Å². The number of aliphatic hydroxyl groups is 1. The second-order valence-electron chi connectivity index (χ2n) is 9.37. The third-order valence-corrected chi connectivity index (χ3v) is 6.81. The quantitative estimate of drug-likeness (QED) is 0.290. The van der Waals surface area contributed by atoms with Crippen LogP contribution in [0.3, 0.4) is 0 Å². The van der Waals surface area contributed by atoms with E-state index in [9.17, 15) is 19.6 Å². The fourth-order valence-electron chi connectivity index (χ4n) is 4.89. The molecule has 0 aliphatic heterocycles. The number of nitriles is 1. The van der Waals surface area contributed by atoms with Crippen molar-refractivity contribution in [2.45, 2.75) is 44.8 Å². The van der Waals surface area contributed by atoms with Crippen molar-refractivity contribution in [1.29, 1.82) is 5.26 Å². The maximum atomic E-state index is 13.4. The lowest BCUT2D eigenvalue weighted by Crippen LogP contribution is -2.28. The average Bonchev–Trinajstić information content (AvgIpc) is 3.23. The van der Waals surface area contributed by atoms with Crippen molar-refractivity contribution >= 4 is 33.9 Å². The zero-order valence-electron chi connectivity index (χ0n) is 20.3. The Morgan fingerprint density at radius 1 is 1.14 bits per heavy atom. The Hall–Kier alpha value is -4.42. The number of benzene rings is 3. The van der Waals surface area contributed by atoms with Gasteiger partial charge in [0.1, 0.15) is 11.9 Å². The Morgan fingerprint density at radius 2 is 1.92 bits per heavy atom. The van der Waals surface area contributed by atoms with Gasteiger partial charge in [-0.05, 0) is 81.1 Å². The summed E-state index contributed by atoms with van der Waals surface area (Å²) in [6.45, 7) is 1.83. The number of nitrogens with zero attached hydrogens (tertiary/aromatic N) is 3. The maximum absolute atomic E-state index is 13.4. The number of nitrogen functional groups attached to an aromatic ring is 1. The molecular formula is C28H27FN6O2. The molecule has 0 unspecified atom stereocenters. The maximum Gasteiger partial charge on any atom is 0.256 e. The minimum Gasteiger partial charge on any atom is -0.397 e. The number of fused-ring (bicyclic) bond motifs is 1. The summed E-state index contributed by atoms with van der Waals surface area (Å²) in [5, 5.41) is 31.1. The molecule has 9 heteroatoms. The molecule has 4 aromatic rings. The van der Waals surface area contributed by atoms with E-state index in [-0.39, 0.29) is 23.7 Å². The molecule has 1 amide bonds. The number of amides is 1. The van der Waals surface area contributed by atoms with Gasteiger partial charge >= 0.3 is 0 Å². The average molecular weight is 499 g/mol. The van der Waals surface area contributed by atoms with Gasteiger partial charge in [0, 0.05) is 11.4 Å². The topological polar surface area (TPSA) is 129 Å². The Morgan fingerprint density at radius 3 is 2.65 bits per heavy atom. The summed E-state index contributed by atoms with van der Waals surface area (Å²) in [4.78, 5) is 13.2. The summed E-state index contributed by atoms with van der Waals surface area (Å²) in [5.41, 5.74) is 10.1. The SMILES string of the molecule is Cc1nn(-c2ccc(C#N)c(NC3CCC(O)CC3)c2)c2cccc(C(=O)Nc3ccc(F)cc3N)c12. The van der Waals surface area contributed by atoms with E-state index in [2.05, 4.69) is 16.7 Å². The van der Waals surface area contributed by atoms with Gasteiger partial charge in [-0.15, -0.1) is 0 Å². The molecule has 1 aliphatic rings. The lowest BCUT2D eigenvalue weighted by molar-refractivity contribution is 0.102. The molecule has 5 rings (SSSR count). The summed E-state index contributed by atoms with van der Waals surface area (Å²) in [6, 6.07) is 17.1. The van der Waals surface area contributed by atoms with Crippen LogP contribution in [0.2, 0.25) is 0 Å². The van der Waals surface area contributed by atoms with E-state index >= 15 is 0 Å². The van der Waals surface area contributed by atoms with Crippen molar-refractivity contribution in [3.8, 4) is 11.8 Å². The standard InChI is InChI=1S/C28H27FN6O2/c1-16-27-22(28(37)33-24-12-6-18(29)13-23(24)31)3-2-4-26(27)35(34-16)20-9-5-17(15-30)25(14-20)32-19-7-10-21(36)11-8-19/h2-6,9,12-14,19,21,32,36H,7-8,10-11,31H2,1H3,(H,33,37). The predicted molar refractivity (Wildman–Crippen MR) is 141 cm³/mol. The van der Waals surface area contributed by atoms with Gasteiger partial charge in [-0.25, -0.2) is 9.07 Å². The molecule has 3 aromatic carbocycles. The Labute approximate surface area is 213 Å². The number of aryl methyl sites for hydroxylation is 1. The Kier molecular flexibility index (Phi) is 6.51. The van der Waals surface area contributed by atoms with Crippen molar-refractivity contribution in [3.63, 3.8) is 0 Å². The molecule has 1 saturated carbocycles. The molecule has 37 heavy (non-hydrogen) atoms. The van der Waals surface area contributed by atoms with Crippen LogP contribution >= 0.6 is 0 Å². The minimum absolute atomic E-state index is 0.137. The number of hydrogen-bond donors (Lipinski definition) is 4. The highest BCUT2D eigenvalue weighted by Crippen LogP contribution is 2.30. The van der Waals surface area contributed by atoms with Crippen LogP contribution in [-0.4, -0.2) is 32.9 Å². The lowest BCUT2D eigenvalue weighted by Gasteiger charge is -2.27. The highest BCUT2D eigenvalue weighted by molar-refractivity contribution is 6.14. The number of rotatable bonds is 5. The van der Waals surface area contributed by atoms with Crippen molar-refractivity contribution < 1.29 is 14.3 Å². The largest absolute Gasteiger partial charge is 0.397 e. The summed E-state index contributed by atoms with van der Waals surface area (Å²) in [7, 11) is 0. The predicted octanol–water partition coefficient (Wildman–Crippen LogP) is 4.89. The number of aromatic nitrogens is 2. The molecule has 1 fully saturated rings. The smallest absolute Gasteiger partial charge is 0.256 e. The molecule has 0 saturated heterocycles. The normalized spacial score (nSPS) is 17.4. The van der Waals surface area contributed by atoms with Crippen LogP contribution in [-0.2, 0) is 0 Å². The second-order valence-corrected chi connectivity index (χ2v) is 9.37. The van der Waals surface area contributed by atoms with E-state index in [0.717, 1.165) is 43.0 Å². The number of hydrogen-bond acceptors (Lipinski definition) is 6. The highest BCUT2D eigenvalue weighted by Gasteiger charge is 2.22. The van der Waals surface area contributed by atoms with Crippen LogP contribution in [0.15, 0.2) is 54.6 Å². The third kappa shape index (κ3) is 4.84. The molecule has 1 aromatic heterocycles. The van der Waals surface area contributed by atoms with Crippen LogP contribution in [0.5, 0.6) is 0 Å². The highest BCUT2D eigenvalue weighted by atomic mass is 19.1. The van der Waals surface area contributed by atoms with Crippen LogP contribution in [0, 0.1) is 24.1 Å². The van der Waals surface area contributed by atoms with Gasteiger partial charge in [0.15, 0.2) is 0 Å². The lowest BCUT2D eigenvalue weighted by atomic mass is 9.93. The summed E-state index contributed by atoms with van der Waals surface area (Å²) in [6.07, 6.45) is 2.87. The number of carbonyl (C=O) groups is 1. The molecule has 0 bridgehead atoms. The Balaban J connectivity index is 1.50. The van der Waals surface area contributed by atoms with Gasteiger partial charge in [-0.2, -0.15) is 10.4 Å². The number of aliphatic hydroxyl groups excluding tert-OH is 1. The van der Waals surface area contributed by atoms with Crippen molar-refractivity contribution in [3.05, 3.63) is 77.2 Å². The molecule has 0 radical (unpaired) electrons. The zero-order valence-corrected chi connectivity index (χ0v) is 20.3. The van der Waals surface area contributed by atoms with Crippen LogP contribution in [0.1, 0.15) is 47.3 Å². The molecule has 0 spiro atoms. The monoisotopic (exact) mass is 498 g/mol. The Bertz CT molecular complexity index is 1530. The molecule has 188 valence electrons. The molecular weight excluding hydrogens is 471 g/mol. The first-order valence-corrected chi connectivity index (χ1v) is 12.2. The van der Waals surface area contributed by atoms with Gasteiger partial charge in [0.2, 0.25) is 0 Å². The fraction of sp³-hybridized carbons (Fsp3) is 0.250. The van der Waals surface area contributed by atoms with Gasteiger partial charge in [0.25, 0.3) is 5.91 Å². The van der Waals surface area contributed by atoms with Crippen molar-refractivity contribution in [1.82, 2.24) is 9.78 Å². The van der Waals surface area contributed by atoms with E-state index < -0.39 is 5.82 Å². The molecule has 8 nitrogen and oxygen atoms in total. The van der Waals surface area contributed by atoms with E-state index in [4.69, 9.17) is 10.8 Å². The molecule has 1 heterocycles. The number of nitrogens with two attached hydrogens (primary N) is 1. The van der Waals surface area contributed by atoms with Crippen LogP contribution < -0.4 is 16.4 Å². The molecule has 5 N–H and O–H groups in total. The van der Waals surface area contributed by atoms with Gasteiger partial charge < -0.3 is 21.5 Å². The van der Waals surface area contributed by atoms with Crippen molar-refractivity contribution in [2.24, 2.45) is 0 Å². The fourth-order valence-corrected chi connectivity index (χ4v) is 4.89. The first-order chi connectivity index (χ1) is 17.8. The molecule has 0 atom stereocenters. The number of halogens is 1. The van der Waals surface area contributed by atoms with E-state index in [1.54, 1.807) is 22.9 Å². The number of anilines is 3. The minimum atomic E-state index is -0.480. The van der Waals surface area contributed by atoms with Gasteiger partial charge in [0.05, 0.1) is 51.2 Å². The van der Waals surface area contributed by atoms with Crippen molar-refractivity contribution in [2.75, 3.05) is 16.4 Å². The van der Waals surface area contributed by atoms with Gasteiger partial charge in [-0.1, -0.05) is 6.07 Å². The first kappa shape index (κ1) is 24.3. The van der Waals surface area contributed by atoms with E-state index in [1.807, 2.05) is 25.1 Å². The van der Waals surface area contributed by atoms with E-state index in [1.165, 1.54) is 12.1 Å². The molecule has 1 aliphatic carbocycles.